The van der Waals surface area contributed by atoms with Crippen LogP contribution in [-0.2, 0) is 11.2 Å². The zero-order valence-corrected chi connectivity index (χ0v) is 14.8. The monoisotopic (exact) mass is 348 g/mol. The van der Waals surface area contributed by atoms with E-state index in [1.165, 1.54) is 5.56 Å². The number of carbonyl (C=O) groups excluding carboxylic acids is 1. The van der Waals surface area contributed by atoms with Crippen molar-refractivity contribution in [2.45, 2.75) is 13.3 Å². The molecule has 0 aliphatic heterocycles. The molecule has 0 aromatic heterocycles. The predicted molar refractivity (Wildman–Crippen MR) is 99.7 cm³/mol. The summed E-state index contributed by atoms with van der Waals surface area (Å²) in [4.78, 5) is 14.1. The molecule has 0 unspecified atom stereocenters. The van der Waals surface area contributed by atoms with E-state index in [9.17, 15) is 4.79 Å². The van der Waals surface area contributed by atoms with Gasteiger partial charge in [0.1, 0.15) is 5.75 Å². The number of halogens is 1. The highest BCUT2D eigenvalue weighted by Gasteiger charge is 2.13. The molecule has 130 valence electrons. The summed E-state index contributed by atoms with van der Waals surface area (Å²) in [5, 5.41) is 0. The van der Waals surface area contributed by atoms with Gasteiger partial charge in [-0.1, -0.05) is 48.0 Å². The van der Waals surface area contributed by atoms with Crippen LogP contribution in [0.2, 0.25) is 0 Å². The predicted octanol–water partition coefficient (Wildman–Crippen LogP) is 2.83. The lowest BCUT2D eigenvalue weighted by Crippen LogP contribution is -2.39. The van der Waals surface area contributed by atoms with Crippen LogP contribution in [0.15, 0.2) is 54.6 Å². The van der Waals surface area contributed by atoms with Gasteiger partial charge in [-0.15, -0.1) is 12.4 Å². The van der Waals surface area contributed by atoms with Gasteiger partial charge in [0, 0.05) is 19.6 Å². The van der Waals surface area contributed by atoms with Crippen molar-refractivity contribution < 1.29 is 9.53 Å². The smallest absolute Gasteiger partial charge is 0.260 e. The van der Waals surface area contributed by atoms with Gasteiger partial charge in [0.15, 0.2) is 6.61 Å². The molecular formula is C19H25ClN2O2. The van der Waals surface area contributed by atoms with Crippen molar-refractivity contribution in [2.75, 3.05) is 26.2 Å². The second kappa shape index (κ2) is 10.7. The Morgan fingerprint density at radius 2 is 1.71 bits per heavy atom. The lowest BCUT2D eigenvalue weighted by atomic mass is 10.1. The highest BCUT2D eigenvalue weighted by molar-refractivity contribution is 5.85. The zero-order valence-electron chi connectivity index (χ0n) is 14.0. The number of hydrogen-bond donors (Lipinski definition) is 1. The number of ether oxygens (including phenoxy) is 1. The van der Waals surface area contributed by atoms with Crippen LogP contribution in [0.3, 0.4) is 0 Å². The molecule has 2 aromatic carbocycles. The molecule has 0 bridgehead atoms. The Morgan fingerprint density at radius 1 is 1.04 bits per heavy atom. The molecule has 0 spiro atoms. The first-order valence-electron chi connectivity index (χ1n) is 7.90. The highest BCUT2D eigenvalue weighted by atomic mass is 35.5. The molecule has 2 N–H and O–H groups in total. The molecule has 1 amide bonds. The maximum atomic E-state index is 12.3. The van der Waals surface area contributed by atoms with E-state index in [1.807, 2.05) is 49.4 Å². The maximum Gasteiger partial charge on any atom is 0.260 e. The number of carbonyl (C=O) groups is 1. The largest absolute Gasteiger partial charge is 0.484 e. The molecule has 0 saturated carbocycles. The highest BCUT2D eigenvalue weighted by Crippen LogP contribution is 2.11. The van der Waals surface area contributed by atoms with Crippen molar-refractivity contribution >= 4 is 18.3 Å². The van der Waals surface area contributed by atoms with E-state index in [1.54, 1.807) is 4.90 Å². The Hall–Kier alpha value is -2.04. The van der Waals surface area contributed by atoms with Crippen molar-refractivity contribution in [3.05, 3.63) is 65.7 Å². The third-order valence-corrected chi connectivity index (χ3v) is 3.65. The molecule has 0 saturated heterocycles. The van der Waals surface area contributed by atoms with E-state index in [4.69, 9.17) is 10.5 Å². The molecule has 2 rings (SSSR count). The number of amides is 1. The molecule has 0 radical (unpaired) electrons. The molecule has 24 heavy (non-hydrogen) atoms. The Labute approximate surface area is 150 Å². The van der Waals surface area contributed by atoms with E-state index in [0.717, 1.165) is 12.0 Å². The summed E-state index contributed by atoms with van der Waals surface area (Å²) in [7, 11) is 0. The van der Waals surface area contributed by atoms with Crippen LogP contribution in [0.5, 0.6) is 5.75 Å². The molecule has 0 aliphatic carbocycles. The second-order valence-electron chi connectivity index (χ2n) is 5.51. The van der Waals surface area contributed by atoms with Gasteiger partial charge in [-0.05, 0) is 31.0 Å². The first-order chi connectivity index (χ1) is 11.2. The summed E-state index contributed by atoms with van der Waals surface area (Å²) in [5.74, 6) is 0.673. The van der Waals surface area contributed by atoms with Gasteiger partial charge in [0.25, 0.3) is 5.91 Å². The first-order valence-corrected chi connectivity index (χ1v) is 7.90. The molecule has 0 fully saturated rings. The Morgan fingerprint density at radius 3 is 2.33 bits per heavy atom. The maximum absolute atomic E-state index is 12.3. The van der Waals surface area contributed by atoms with E-state index < -0.39 is 0 Å². The van der Waals surface area contributed by atoms with Crippen molar-refractivity contribution in [2.24, 2.45) is 5.73 Å². The van der Waals surface area contributed by atoms with Crippen molar-refractivity contribution in [3.63, 3.8) is 0 Å². The van der Waals surface area contributed by atoms with E-state index in [2.05, 4.69) is 12.1 Å². The fraction of sp³-hybridized carbons (Fsp3) is 0.316. The molecule has 4 nitrogen and oxygen atoms in total. The number of nitrogens with zero attached hydrogens (tertiary/aromatic N) is 1. The summed E-state index contributed by atoms with van der Waals surface area (Å²) < 4.78 is 5.57. The second-order valence-corrected chi connectivity index (χ2v) is 5.51. The van der Waals surface area contributed by atoms with E-state index >= 15 is 0 Å². The summed E-state index contributed by atoms with van der Waals surface area (Å²) >= 11 is 0. The number of hydrogen-bond acceptors (Lipinski definition) is 3. The molecule has 0 heterocycles. The van der Waals surface area contributed by atoms with Gasteiger partial charge in [-0.2, -0.15) is 0 Å². The van der Waals surface area contributed by atoms with Gasteiger partial charge in [0.2, 0.25) is 0 Å². The minimum atomic E-state index is -0.0352. The standard InChI is InChI=1S/C19H24N2O2.ClH/c1-16-7-9-18(10-8-16)23-15-19(22)21(14-12-20)13-11-17-5-3-2-4-6-17;/h2-10H,11-15,20H2,1H3;1H. The molecule has 0 atom stereocenters. The van der Waals surface area contributed by atoms with Crippen LogP contribution in [0.25, 0.3) is 0 Å². The number of benzene rings is 2. The summed E-state index contributed by atoms with van der Waals surface area (Å²) in [6.45, 7) is 3.70. The van der Waals surface area contributed by atoms with Gasteiger partial charge in [-0.3, -0.25) is 4.79 Å². The van der Waals surface area contributed by atoms with Crippen LogP contribution in [0.1, 0.15) is 11.1 Å². The fourth-order valence-corrected chi connectivity index (χ4v) is 2.30. The fourth-order valence-electron chi connectivity index (χ4n) is 2.30. The van der Waals surface area contributed by atoms with Gasteiger partial charge < -0.3 is 15.4 Å². The normalized spacial score (nSPS) is 9.92. The van der Waals surface area contributed by atoms with Crippen molar-refractivity contribution in [1.82, 2.24) is 4.90 Å². The van der Waals surface area contributed by atoms with Crippen molar-refractivity contribution in [1.29, 1.82) is 0 Å². The first kappa shape index (κ1) is 20.0. The molecular weight excluding hydrogens is 324 g/mol. The third kappa shape index (κ3) is 6.60. The van der Waals surface area contributed by atoms with E-state index in [-0.39, 0.29) is 24.9 Å². The van der Waals surface area contributed by atoms with Crippen LogP contribution in [-0.4, -0.2) is 37.0 Å². The zero-order chi connectivity index (χ0) is 16.5. The van der Waals surface area contributed by atoms with Gasteiger partial charge in [0.05, 0.1) is 0 Å². The van der Waals surface area contributed by atoms with Crippen LogP contribution < -0.4 is 10.5 Å². The van der Waals surface area contributed by atoms with Gasteiger partial charge in [-0.25, -0.2) is 0 Å². The average molecular weight is 349 g/mol. The Kier molecular flexibility index (Phi) is 8.90. The average Bonchev–Trinajstić information content (AvgIpc) is 2.58. The van der Waals surface area contributed by atoms with Crippen LogP contribution in [0, 0.1) is 6.92 Å². The number of nitrogens with two attached hydrogens (primary N) is 1. The lowest BCUT2D eigenvalue weighted by Gasteiger charge is -2.22. The topological polar surface area (TPSA) is 55.6 Å². The summed E-state index contributed by atoms with van der Waals surface area (Å²) in [6, 6.07) is 17.8. The minimum absolute atomic E-state index is 0. The quantitative estimate of drug-likeness (QED) is 0.798. The van der Waals surface area contributed by atoms with E-state index in [0.29, 0.717) is 25.4 Å². The SMILES string of the molecule is Cc1ccc(OCC(=O)N(CCN)CCc2ccccc2)cc1.Cl. The Bertz CT molecular complexity index is 603. The number of rotatable bonds is 8. The summed E-state index contributed by atoms with van der Waals surface area (Å²) in [6.07, 6.45) is 0.817. The third-order valence-electron chi connectivity index (χ3n) is 3.65. The molecule has 0 aliphatic rings. The summed E-state index contributed by atoms with van der Waals surface area (Å²) in [5.41, 5.74) is 8.00. The Balaban J connectivity index is 0.00000288. The van der Waals surface area contributed by atoms with Gasteiger partial charge >= 0.3 is 0 Å². The van der Waals surface area contributed by atoms with Crippen LogP contribution >= 0.6 is 12.4 Å². The minimum Gasteiger partial charge on any atom is -0.484 e. The lowest BCUT2D eigenvalue weighted by molar-refractivity contribution is -0.133. The van der Waals surface area contributed by atoms with Crippen LogP contribution in [0.4, 0.5) is 0 Å². The molecule has 2 aromatic rings. The number of aryl methyl sites for hydroxylation is 1. The molecule has 5 heteroatoms. The van der Waals surface area contributed by atoms with Crippen molar-refractivity contribution in [3.8, 4) is 5.75 Å².